The minimum absolute atomic E-state index is 0.0898. The molecule has 30 heteroatoms. The quantitative estimate of drug-likeness (QED) is 0.0754. The second kappa shape index (κ2) is 20.2. The largest absolute Gasteiger partial charge is 0.508 e. The highest BCUT2D eigenvalue weighted by molar-refractivity contribution is 5.99. The van der Waals surface area contributed by atoms with Gasteiger partial charge in [-0.1, -0.05) is 19.1 Å². The maximum absolute atomic E-state index is 16.0. The van der Waals surface area contributed by atoms with Crippen LogP contribution in [0.5, 0.6) is 63.2 Å². The number of phenols is 10. The van der Waals surface area contributed by atoms with Crippen LogP contribution >= 0.6 is 0 Å². The Balaban J connectivity index is 1.19. The molecule has 0 spiro atoms. The summed E-state index contributed by atoms with van der Waals surface area (Å²) in [5.41, 5.74) is -7.58. The molecule has 0 saturated carbocycles. The molecule has 6 aliphatic heterocycles. The number of aliphatic hydroxyl groups is 9. The van der Waals surface area contributed by atoms with Gasteiger partial charge in [-0.25, -0.2) is 14.4 Å². The Morgan fingerprint density at radius 3 is 1.89 bits per heavy atom. The third kappa shape index (κ3) is 8.36. The first-order chi connectivity index (χ1) is 41.0. The van der Waals surface area contributed by atoms with Crippen molar-refractivity contribution in [3.8, 4) is 63.2 Å². The first-order valence-electron chi connectivity index (χ1n) is 26.8. The molecule has 13 rings (SSSR count). The van der Waals surface area contributed by atoms with Crippen molar-refractivity contribution in [2.45, 2.75) is 104 Å². The number of cyclic esters (lactones) is 1. The summed E-state index contributed by atoms with van der Waals surface area (Å²) in [6, 6.07) is 4.22. The van der Waals surface area contributed by atoms with Gasteiger partial charge in [-0.2, -0.15) is 0 Å². The van der Waals surface area contributed by atoms with Gasteiger partial charge in [0.25, 0.3) is 0 Å². The number of phenolic OH excluding ortho intramolecular Hbond substituents is 10. The van der Waals surface area contributed by atoms with Crippen LogP contribution in [0, 0.1) is 23.7 Å². The molecule has 18 atom stereocenters. The zero-order chi connectivity index (χ0) is 62.7. The van der Waals surface area contributed by atoms with Crippen LogP contribution in [0.15, 0.2) is 65.0 Å². The number of carbonyl (C=O) groups is 5. The van der Waals surface area contributed by atoms with Gasteiger partial charge in [0, 0.05) is 58.1 Å². The van der Waals surface area contributed by atoms with E-state index in [0.29, 0.717) is 12.1 Å². The van der Waals surface area contributed by atoms with Gasteiger partial charge in [-0.15, -0.1) is 0 Å². The van der Waals surface area contributed by atoms with Crippen molar-refractivity contribution in [2.75, 3.05) is 6.61 Å². The van der Waals surface area contributed by atoms with E-state index in [9.17, 15) is 102 Å². The van der Waals surface area contributed by atoms with E-state index in [-0.39, 0.29) is 11.1 Å². The van der Waals surface area contributed by atoms with Crippen molar-refractivity contribution < 1.29 is 149 Å². The highest BCUT2D eigenvalue weighted by Crippen LogP contribution is 2.63. The number of aliphatic hydroxyl groups excluding tert-OH is 9. The van der Waals surface area contributed by atoms with Gasteiger partial charge < -0.3 is 125 Å². The Morgan fingerprint density at radius 1 is 0.517 bits per heavy atom. The van der Waals surface area contributed by atoms with E-state index in [4.69, 9.17) is 28.4 Å². The summed E-state index contributed by atoms with van der Waals surface area (Å²) in [7, 11) is 0. The molecule has 1 saturated heterocycles. The van der Waals surface area contributed by atoms with Crippen molar-refractivity contribution in [2.24, 2.45) is 23.7 Å². The third-order valence-electron chi connectivity index (χ3n) is 18.0. The topological polar surface area (TPSA) is 525 Å². The fourth-order valence-electron chi connectivity index (χ4n) is 13.8. The summed E-state index contributed by atoms with van der Waals surface area (Å²) in [6.07, 6.45) is -24.1. The second-order valence-electron chi connectivity index (χ2n) is 22.6. The van der Waals surface area contributed by atoms with Gasteiger partial charge in [0.05, 0.1) is 52.6 Å². The molecule has 87 heavy (non-hydrogen) atoms. The van der Waals surface area contributed by atoms with Crippen LogP contribution < -0.4 is 4.74 Å². The standard InChI is InChI=1S/C57H52O30/c1-11-13-5-17(37(66)36(11)65)55(79)83-25-10-82-53(77)15-7-22(62)38(67)40(69)27(15)28-16(8-23(63)39(68)41(28)70)54(78)85-50(25)52-51-33(29-21(61)9-19(59)14-6-24(64)48(84-49(14)29)12-2-3-18(58)20(60)4-12)32-35(57(81)86-51)31(44(73)47(76)45(32)74)30-34(56(80)87-52)26(13)42(71)46(75)43(30)72/h2-5,8-9,11,13,15,22,24-25,27,31-33,35-37,45,48,50-52,58-76H,6-7,10H2,1H3/t11?,13-,15?,22-,24+,25?,27-,31+,32-,33+,35?,36-,37+,45-,48-,50?,51?,52?/m1/s1. The number of benzene rings is 4. The van der Waals surface area contributed by atoms with Crippen molar-refractivity contribution in [3.05, 3.63) is 110 Å². The number of carbonyl (C=O) groups excluding carboxylic acids is 5. The lowest BCUT2D eigenvalue weighted by atomic mass is 9.59. The molecule has 0 radical (unpaired) electrons. The first kappa shape index (κ1) is 57.7. The van der Waals surface area contributed by atoms with E-state index in [1.807, 2.05) is 0 Å². The van der Waals surface area contributed by atoms with Crippen LogP contribution in [0.25, 0.3) is 0 Å². The molecule has 9 aliphatic rings. The summed E-state index contributed by atoms with van der Waals surface area (Å²) in [5, 5.41) is 219. The molecule has 0 aromatic heterocycles. The van der Waals surface area contributed by atoms with E-state index in [1.54, 1.807) is 0 Å². The number of hydrogen-bond acceptors (Lipinski definition) is 30. The highest BCUT2D eigenvalue weighted by Gasteiger charge is 2.65. The van der Waals surface area contributed by atoms with Crippen molar-refractivity contribution in [1.29, 1.82) is 0 Å². The molecule has 4 aromatic carbocycles. The van der Waals surface area contributed by atoms with Crippen molar-refractivity contribution in [1.82, 2.24) is 0 Å². The molecule has 30 nitrogen and oxygen atoms in total. The molecule has 3 aliphatic carbocycles. The van der Waals surface area contributed by atoms with E-state index in [0.717, 1.165) is 18.2 Å². The maximum atomic E-state index is 16.0. The van der Waals surface area contributed by atoms with E-state index in [1.165, 1.54) is 13.0 Å². The summed E-state index contributed by atoms with van der Waals surface area (Å²) < 4.78 is 36.7. The summed E-state index contributed by atoms with van der Waals surface area (Å²) in [4.78, 5) is 76.6. The van der Waals surface area contributed by atoms with Gasteiger partial charge in [0.15, 0.2) is 64.3 Å². The lowest BCUT2D eigenvalue weighted by Crippen LogP contribution is -2.62. The number of fused-ring (bicyclic) bond motifs is 8. The molecule has 1 fully saturated rings. The van der Waals surface area contributed by atoms with Gasteiger partial charge in [0.2, 0.25) is 11.5 Å². The van der Waals surface area contributed by atoms with Crippen LogP contribution in [0.2, 0.25) is 0 Å². The van der Waals surface area contributed by atoms with Crippen LogP contribution in [0.4, 0.5) is 0 Å². The Hall–Kier alpha value is -9.75. The fraction of sp³-hybridized carbons (Fsp3) is 0.386. The van der Waals surface area contributed by atoms with E-state index in [2.05, 4.69) is 0 Å². The normalized spacial score (nSPS) is 33.6. The van der Waals surface area contributed by atoms with Crippen molar-refractivity contribution >= 4 is 29.8 Å². The maximum Gasteiger partial charge on any atom is 0.339 e. The number of ether oxygens (including phenoxy) is 6. The van der Waals surface area contributed by atoms with Crippen LogP contribution in [0.3, 0.4) is 0 Å². The molecular formula is C57H52O30. The van der Waals surface area contributed by atoms with E-state index < -0.39 is 283 Å². The van der Waals surface area contributed by atoms with Gasteiger partial charge in [-0.05, 0) is 36.1 Å². The molecule has 460 valence electrons. The molecule has 19 N–H and O–H groups in total. The number of esters is 5. The van der Waals surface area contributed by atoms with E-state index >= 15 is 19.2 Å². The third-order valence-corrected chi connectivity index (χ3v) is 18.0. The zero-order valence-electron chi connectivity index (χ0n) is 44.5. The lowest BCUT2D eigenvalue weighted by molar-refractivity contribution is -0.205. The fourth-order valence-corrected chi connectivity index (χ4v) is 13.8. The molecule has 8 bridgehead atoms. The SMILES string of the molecule is CC1[C@@H](O)[C@@H](O)C2=C[C@H]1c1c(O)c(O)c(O)c3c1C(=O)OC(C1OC(=O)c4cc(O)c(O)c(O)c4[C@@H]4C(O)=C(O)[C@H](O)CC4C(=O)OCC1OC2=O)C1OC(=O)C2[C@@H]([C@@H]1c1c(O)cc(O)c4c1O[C@H](c1ccc(O)c(O)c1)[C@@H](O)C4)[C@@H](O)C(O)=C(O)[C@@H]32. The predicted molar refractivity (Wildman–Crippen MR) is 277 cm³/mol. The number of rotatable bonds is 2. The monoisotopic (exact) mass is 1220 g/mol. The average Bonchev–Trinajstić information content (AvgIpc) is 0.772. The number of hydrogen-bond donors (Lipinski definition) is 19. The molecular weight excluding hydrogens is 1160 g/mol. The van der Waals surface area contributed by atoms with Crippen molar-refractivity contribution in [3.63, 3.8) is 0 Å². The molecule has 4 aromatic rings. The molecule has 6 heterocycles. The highest BCUT2D eigenvalue weighted by atomic mass is 16.6. The Bertz CT molecular complexity index is 3810. The Kier molecular flexibility index (Phi) is 13.4. The zero-order valence-corrected chi connectivity index (χ0v) is 44.5. The van der Waals surface area contributed by atoms with Gasteiger partial charge >= 0.3 is 29.8 Å². The minimum Gasteiger partial charge on any atom is -0.508 e. The summed E-state index contributed by atoms with van der Waals surface area (Å²) in [5.74, 6) is -43.8. The first-order valence-corrected chi connectivity index (χ1v) is 26.8. The lowest BCUT2D eigenvalue weighted by Gasteiger charge is -2.52. The number of aromatic hydroxyl groups is 10. The summed E-state index contributed by atoms with van der Waals surface area (Å²) >= 11 is 0. The van der Waals surface area contributed by atoms with Crippen LogP contribution in [-0.2, 0) is 44.5 Å². The Morgan fingerprint density at radius 2 is 1.18 bits per heavy atom. The van der Waals surface area contributed by atoms with Crippen LogP contribution in [0.1, 0.15) is 97.2 Å². The molecule has 0 amide bonds. The van der Waals surface area contributed by atoms with Gasteiger partial charge in [-0.3, -0.25) is 9.59 Å². The predicted octanol–water partition coefficient (Wildman–Crippen LogP) is 0.927. The smallest absolute Gasteiger partial charge is 0.339 e. The van der Waals surface area contributed by atoms with Crippen LogP contribution in [-0.4, -0.2) is 188 Å². The number of allylic oxidation sites excluding steroid dienone is 3. The second-order valence-corrected chi connectivity index (χ2v) is 22.6. The molecule has 7 unspecified atom stereocenters. The minimum atomic E-state index is -2.86. The summed E-state index contributed by atoms with van der Waals surface area (Å²) in [6.45, 7) is -0.266. The average molecular weight is 1220 g/mol. The Labute approximate surface area is 485 Å². The van der Waals surface area contributed by atoms with Gasteiger partial charge in [0.1, 0.15) is 65.9 Å².